The molecular formula is C52H32N4. The first-order valence-corrected chi connectivity index (χ1v) is 18.9. The number of fused-ring (bicyclic) bond motifs is 7. The number of hydrogen-bond donors (Lipinski definition) is 0. The normalized spacial score (nSPS) is 12.8. The van der Waals surface area contributed by atoms with Crippen molar-refractivity contribution in [2.45, 2.75) is 5.41 Å². The van der Waals surface area contributed by atoms with Gasteiger partial charge in [-0.05, 0) is 81.9 Å². The predicted molar refractivity (Wildman–Crippen MR) is 227 cm³/mol. The second kappa shape index (κ2) is 12.5. The number of nitrogens with zero attached hydrogens (tertiary/aromatic N) is 4. The van der Waals surface area contributed by atoms with Crippen LogP contribution < -0.4 is 0 Å². The summed E-state index contributed by atoms with van der Waals surface area (Å²) < 4.78 is 2.40. The maximum atomic E-state index is 9.68. The van der Waals surface area contributed by atoms with E-state index >= 15 is 0 Å². The number of aromatic nitrogens is 3. The lowest BCUT2D eigenvalue weighted by Crippen LogP contribution is -2.28. The Hall–Kier alpha value is -7.61. The summed E-state index contributed by atoms with van der Waals surface area (Å²) in [4.78, 5) is 10.3. The van der Waals surface area contributed by atoms with Crippen molar-refractivity contribution in [2.75, 3.05) is 0 Å². The maximum Gasteiger partial charge on any atom is 0.160 e. The largest absolute Gasteiger partial charge is 0.309 e. The van der Waals surface area contributed by atoms with Crippen LogP contribution in [0.4, 0.5) is 0 Å². The molecule has 0 radical (unpaired) electrons. The Morgan fingerprint density at radius 2 is 1.14 bits per heavy atom. The molecule has 0 aliphatic heterocycles. The van der Waals surface area contributed by atoms with Crippen LogP contribution in [0.5, 0.6) is 0 Å². The highest BCUT2D eigenvalue weighted by Crippen LogP contribution is 2.57. The Balaban J connectivity index is 1.17. The lowest BCUT2D eigenvalue weighted by Gasteiger charge is -2.34. The van der Waals surface area contributed by atoms with E-state index in [9.17, 15) is 5.26 Å². The maximum absolute atomic E-state index is 9.68. The topological polar surface area (TPSA) is 54.5 Å². The fourth-order valence-corrected chi connectivity index (χ4v) is 9.13. The summed E-state index contributed by atoms with van der Waals surface area (Å²) in [6.07, 6.45) is 0. The van der Waals surface area contributed by atoms with Crippen molar-refractivity contribution in [1.29, 1.82) is 5.26 Å². The second-order valence-electron chi connectivity index (χ2n) is 14.5. The van der Waals surface area contributed by atoms with E-state index in [1.54, 1.807) is 0 Å². The molecular weight excluding hydrogens is 681 g/mol. The minimum atomic E-state index is -0.510. The molecule has 0 atom stereocenters. The van der Waals surface area contributed by atoms with Crippen LogP contribution in [-0.2, 0) is 5.41 Å². The monoisotopic (exact) mass is 712 g/mol. The zero-order chi connectivity index (χ0) is 37.2. The molecule has 260 valence electrons. The molecule has 0 amide bonds. The summed E-state index contributed by atoms with van der Waals surface area (Å²) in [6.45, 7) is 0. The fraction of sp³-hybridized carbons (Fsp3) is 0.0192. The first kappa shape index (κ1) is 31.9. The molecule has 4 nitrogen and oxygen atoms in total. The summed E-state index contributed by atoms with van der Waals surface area (Å²) in [7, 11) is 0. The second-order valence-corrected chi connectivity index (χ2v) is 14.5. The number of para-hydroxylation sites is 2. The van der Waals surface area contributed by atoms with Gasteiger partial charge in [-0.2, -0.15) is 5.26 Å². The summed E-state index contributed by atoms with van der Waals surface area (Å²) in [5, 5.41) is 13.0. The first-order chi connectivity index (χ1) is 27.7. The Kier molecular flexibility index (Phi) is 7.10. The van der Waals surface area contributed by atoms with Crippen LogP contribution in [0, 0.1) is 11.3 Å². The van der Waals surface area contributed by atoms with Gasteiger partial charge in [0.05, 0.1) is 39.3 Å². The zero-order valence-corrected chi connectivity index (χ0v) is 30.3. The molecule has 1 aliphatic rings. The average Bonchev–Trinajstić information content (AvgIpc) is 3.76. The van der Waals surface area contributed by atoms with Crippen LogP contribution in [0.3, 0.4) is 0 Å². The summed E-state index contributed by atoms with van der Waals surface area (Å²) in [5.41, 5.74) is 14.4. The Morgan fingerprint density at radius 1 is 0.464 bits per heavy atom. The van der Waals surface area contributed by atoms with Crippen molar-refractivity contribution in [2.24, 2.45) is 0 Å². The summed E-state index contributed by atoms with van der Waals surface area (Å²) in [6, 6.07) is 71.0. The Bertz CT molecular complexity index is 3170. The zero-order valence-electron chi connectivity index (χ0n) is 30.3. The van der Waals surface area contributed by atoms with E-state index in [0.717, 1.165) is 44.4 Å². The number of nitriles is 1. The first-order valence-electron chi connectivity index (χ1n) is 18.9. The molecule has 2 heterocycles. The van der Waals surface area contributed by atoms with E-state index in [1.807, 2.05) is 48.5 Å². The smallest absolute Gasteiger partial charge is 0.160 e. The molecule has 0 saturated carbocycles. The summed E-state index contributed by atoms with van der Waals surface area (Å²) >= 11 is 0. The molecule has 0 unspecified atom stereocenters. The van der Waals surface area contributed by atoms with Crippen LogP contribution in [0.15, 0.2) is 194 Å². The third-order valence-electron chi connectivity index (χ3n) is 11.5. The van der Waals surface area contributed by atoms with E-state index in [4.69, 9.17) is 9.97 Å². The van der Waals surface area contributed by atoms with Crippen LogP contribution >= 0.6 is 0 Å². The van der Waals surface area contributed by atoms with E-state index in [2.05, 4.69) is 156 Å². The number of benzene rings is 8. The number of rotatable bonds is 5. The Morgan fingerprint density at radius 3 is 1.95 bits per heavy atom. The summed E-state index contributed by atoms with van der Waals surface area (Å²) in [5.74, 6) is 0.632. The van der Waals surface area contributed by atoms with Crippen molar-refractivity contribution >= 4 is 32.7 Å². The highest BCUT2D eigenvalue weighted by Gasteiger charge is 2.46. The molecule has 10 aromatic rings. The standard InChI is InChI=1S/C52H32N4/c53-33-34-15-13-16-35(29-34)50-42-25-8-11-27-47(42)54-51(55-50)36-17-14-22-39(30-36)56-48-28-12-9-24-41(48)44-31-43-40-23-7-10-26-45(40)52(46(43)32-49(44)56,37-18-3-1-4-19-37)38-20-5-2-6-21-38/h1-32H. The average molecular weight is 713 g/mol. The van der Waals surface area contributed by atoms with Gasteiger partial charge in [-0.25, -0.2) is 9.97 Å². The lowest BCUT2D eigenvalue weighted by atomic mass is 9.67. The quantitative estimate of drug-likeness (QED) is 0.178. The van der Waals surface area contributed by atoms with Gasteiger partial charge in [0.15, 0.2) is 5.82 Å². The molecule has 8 aromatic carbocycles. The predicted octanol–water partition coefficient (Wildman–Crippen LogP) is 12.3. The molecule has 0 fully saturated rings. The van der Waals surface area contributed by atoms with Gasteiger partial charge in [-0.3, -0.25) is 0 Å². The molecule has 1 aliphatic carbocycles. The van der Waals surface area contributed by atoms with Crippen molar-refractivity contribution in [3.8, 4) is 45.5 Å². The van der Waals surface area contributed by atoms with Gasteiger partial charge in [0.2, 0.25) is 0 Å². The van der Waals surface area contributed by atoms with Crippen LogP contribution in [-0.4, -0.2) is 14.5 Å². The molecule has 0 bridgehead atoms. The van der Waals surface area contributed by atoms with Crippen molar-refractivity contribution in [3.63, 3.8) is 0 Å². The van der Waals surface area contributed by atoms with Crippen molar-refractivity contribution in [3.05, 3.63) is 222 Å². The molecule has 2 aromatic heterocycles. The van der Waals surface area contributed by atoms with Crippen LogP contribution in [0.25, 0.3) is 72.2 Å². The molecule has 4 heteroatoms. The van der Waals surface area contributed by atoms with Gasteiger partial charge in [0.1, 0.15) is 0 Å². The highest BCUT2D eigenvalue weighted by atomic mass is 15.0. The van der Waals surface area contributed by atoms with Gasteiger partial charge in [0, 0.05) is 33.0 Å². The minimum Gasteiger partial charge on any atom is -0.309 e. The van der Waals surface area contributed by atoms with Gasteiger partial charge >= 0.3 is 0 Å². The van der Waals surface area contributed by atoms with Crippen LogP contribution in [0.1, 0.15) is 27.8 Å². The molecule has 11 rings (SSSR count). The molecule has 56 heavy (non-hydrogen) atoms. The van der Waals surface area contributed by atoms with Gasteiger partial charge in [-0.15, -0.1) is 0 Å². The van der Waals surface area contributed by atoms with Gasteiger partial charge in [-0.1, -0.05) is 146 Å². The minimum absolute atomic E-state index is 0.510. The van der Waals surface area contributed by atoms with Gasteiger partial charge in [0.25, 0.3) is 0 Å². The van der Waals surface area contributed by atoms with E-state index in [-0.39, 0.29) is 0 Å². The molecule has 0 spiro atoms. The van der Waals surface area contributed by atoms with E-state index < -0.39 is 5.41 Å². The Labute approximate surface area is 324 Å². The molecule has 0 N–H and O–H groups in total. The van der Waals surface area contributed by atoms with Crippen molar-refractivity contribution in [1.82, 2.24) is 14.5 Å². The highest BCUT2D eigenvalue weighted by molar-refractivity contribution is 6.12. The third-order valence-corrected chi connectivity index (χ3v) is 11.5. The fourth-order valence-electron chi connectivity index (χ4n) is 9.13. The van der Waals surface area contributed by atoms with E-state index in [1.165, 1.54) is 44.2 Å². The van der Waals surface area contributed by atoms with Crippen LogP contribution in [0.2, 0.25) is 0 Å². The molecule has 0 saturated heterocycles. The third kappa shape index (κ3) is 4.65. The number of hydrogen-bond acceptors (Lipinski definition) is 3. The van der Waals surface area contributed by atoms with E-state index in [0.29, 0.717) is 11.4 Å². The SMILES string of the molecule is N#Cc1cccc(-c2nc(-c3cccc(-n4c5ccccc5c5cc6c(cc54)C(c4ccccc4)(c4ccccc4)c4ccccc4-6)c3)nc3ccccc23)c1. The van der Waals surface area contributed by atoms with Crippen molar-refractivity contribution < 1.29 is 0 Å². The van der Waals surface area contributed by atoms with Gasteiger partial charge < -0.3 is 4.57 Å². The lowest BCUT2D eigenvalue weighted by molar-refractivity contribution is 0.769.